The SMILES string of the molecule is CCOc1ccc(-c2cncc(C(=O)N/N=C/c3cccc(=O)[nH]3)n2)cc1. The average Bonchev–Trinajstić information content (AvgIpc) is 2.69. The van der Waals surface area contributed by atoms with Crippen LogP contribution in [0.4, 0.5) is 0 Å². The van der Waals surface area contributed by atoms with Gasteiger partial charge in [0, 0.05) is 11.6 Å². The van der Waals surface area contributed by atoms with E-state index in [4.69, 9.17) is 4.74 Å². The van der Waals surface area contributed by atoms with Crippen molar-refractivity contribution in [2.45, 2.75) is 6.92 Å². The molecule has 136 valence electrons. The number of H-pyrrole nitrogens is 1. The number of hydrazone groups is 1. The summed E-state index contributed by atoms with van der Waals surface area (Å²) >= 11 is 0. The van der Waals surface area contributed by atoms with Crippen LogP contribution in [0.25, 0.3) is 11.3 Å². The Bertz CT molecular complexity index is 1010. The zero-order valence-corrected chi connectivity index (χ0v) is 14.5. The summed E-state index contributed by atoms with van der Waals surface area (Å²) in [7, 11) is 0. The molecule has 0 radical (unpaired) electrons. The third-order valence-corrected chi connectivity index (χ3v) is 3.49. The molecule has 0 fully saturated rings. The number of aromatic amines is 1. The number of ether oxygens (including phenoxy) is 1. The second-order valence-corrected chi connectivity index (χ2v) is 5.42. The molecule has 0 spiro atoms. The van der Waals surface area contributed by atoms with Crippen molar-refractivity contribution >= 4 is 12.1 Å². The van der Waals surface area contributed by atoms with Crippen LogP contribution in [0.5, 0.6) is 5.75 Å². The van der Waals surface area contributed by atoms with Crippen molar-refractivity contribution in [3.05, 3.63) is 76.6 Å². The van der Waals surface area contributed by atoms with Crippen LogP contribution in [0.15, 0.2) is 64.8 Å². The molecular weight excluding hydrogens is 346 g/mol. The number of aromatic nitrogens is 3. The predicted molar refractivity (Wildman–Crippen MR) is 101 cm³/mol. The van der Waals surface area contributed by atoms with E-state index in [2.05, 4.69) is 25.5 Å². The zero-order chi connectivity index (χ0) is 19.1. The van der Waals surface area contributed by atoms with Gasteiger partial charge in [-0.05, 0) is 37.3 Å². The minimum absolute atomic E-state index is 0.125. The number of hydrogen-bond donors (Lipinski definition) is 2. The molecule has 1 aromatic carbocycles. The van der Waals surface area contributed by atoms with Crippen molar-refractivity contribution in [3.8, 4) is 17.0 Å². The topological polar surface area (TPSA) is 109 Å². The number of nitrogens with zero attached hydrogens (tertiary/aromatic N) is 3. The molecule has 2 N–H and O–H groups in total. The van der Waals surface area contributed by atoms with Crippen LogP contribution >= 0.6 is 0 Å². The zero-order valence-electron chi connectivity index (χ0n) is 14.5. The molecule has 0 aliphatic rings. The number of hydrogen-bond acceptors (Lipinski definition) is 6. The summed E-state index contributed by atoms with van der Waals surface area (Å²) in [4.78, 5) is 34.4. The van der Waals surface area contributed by atoms with Crippen molar-refractivity contribution in [1.29, 1.82) is 0 Å². The van der Waals surface area contributed by atoms with Crippen molar-refractivity contribution < 1.29 is 9.53 Å². The lowest BCUT2D eigenvalue weighted by atomic mass is 10.1. The second-order valence-electron chi connectivity index (χ2n) is 5.42. The first kappa shape index (κ1) is 18.0. The predicted octanol–water partition coefficient (Wildman–Crippen LogP) is 1.99. The fourth-order valence-electron chi connectivity index (χ4n) is 2.26. The summed E-state index contributed by atoms with van der Waals surface area (Å²) in [6.07, 6.45) is 4.26. The maximum absolute atomic E-state index is 12.2. The Morgan fingerprint density at radius 1 is 1.22 bits per heavy atom. The van der Waals surface area contributed by atoms with Gasteiger partial charge in [0.2, 0.25) is 5.56 Å². The molecule has 1 amide bonds. The normalized spacial score (nSPS) is 10.7. The summed E-state index contributed by atoms with van der Waals surface area (Å²) in [6, 6.07) is 12.0. The third kappa shape index (κ3) is 4.85. The first-order valence-electron chi connectivity index (χ1n) is 8.23. The Hall–Kier alpha value is -3.81. The lowest BCUT2D eigenvalue weighted by Gasteiger charge is -2.05. The molecule has 2 aromatic heterocycles. The van der Waals surface area contributed by atoms with Gasteiger partial charge >= 0.3 is 0 Å². The lowest BCUT2D eigenvalue weighted by Crippen LogP contribution is -2.19. The summed E-state index contributed by atoms with van der Waals surface area (Å²) < 4.78 is 5.41. The minimum Gasteiger partial charge on any atom is -0.494 e. The number of pyridine rings is 1. The van der Waals surface area contributed by atoms with E-state index in [1.807, 2.05) is 31.2 Å². The fourth-order valence-corrected chi connectivity index (χ4v) is 2.26. The van der Waals surface area contributed by atoms with Crippen molar-refractivity contribution in [2.24, 2.45) is 5.10 Å². The van der Waals surface area contributed by atoms with Gasteiger partial charge in [-0.25, -0.2) is 10.4 Å². The number of carbonyl (C=O) groups excluding carboxylic acids is 1. The molecule has 3 rings (SSSR count). The highest BCUT2D eigenvalue weighted by Gasteiger charge is 2.09. The number of amides is 1. The fraction of sp³-hybridized carbons (Fsp3) is 0.105. The van der Waals surface area contributed by atoms with Crippen molar-refractivity contribution in [3.63, 3.8) is 0 Å². The van der Waals surface area contributed by atoms with Gasteiger partial charge in [0.05, 0.1) is 36.6 Å². The highest BCUT2D eigenvalue weighted by atomic mass is 16.5. The van der Waals surface area contributed by atoms with Gasteiger partial charge in [0.15, 0.2) is 0 Å². The van der Waals surface area contributed by atoms with E-state index >= 15 is 0 Å². The van der Waals surface area contributed by atoms with Crippen LogP contribution in [0.2, 0.25) is 0 Å². The molecule has 0 bridgehead atoms. The van der Waals surface area contributed by atoms with Gasteiger partial charge < -0.3 is 9.72 Å². The Labute approximate surface area is 155 Å². The molecule has 0 unspecified atom stereocenters. The summed E-state index contributed by atoms with van der Waals surface area (Å²) in [5.74, 6) is 0.251. The quantitative estimate of drug-likeness (QED) is 0.514. The van der Waals surface area contributed by atoms with E-state index in [9.17, 15) is 9.59 Å². The number of carbonyl (C=O) groups is 1. The Morgan fingerprint density at radius 3 is 2.78 bits per heavy atom. The van der Waals surface area contributed by atoms with Gasteiger partial charge in [-0.3, -0.25) is 14.6 Å². The molecule has 8 nitrogen and oxygen atoms in total. The largest absolute Gasteiger partial charge is 0.494 e. The van der Waals surface area contributed by atoms with E-state index in [1.54, 1.807) is 18.3 Å². The smallest absolute Gasteiger partial charge is 0.291 e. The molecule has 8 heteroatoms. The average molecular weight is 363 g/mol. The molecule has 3 aromatic rings. The number of rotatable bonds is 6. The monoisotopic (exact) mass is 363 g/mol. The lowest BCUT2D eigenvalue weighted by molar-refractivity contribution is 0.0950. The van der Waals surface area contributed by atoms with Crippen LogP contribution < -0.4 is 15.7 Å². The summed E-state index contributed by atoms with van der Waals surface area (Å²) in [5.41, 5.74) is 4.07. The second kappa shape index (κ2) is 8.52. The highest BCUT2D eigenvalue weighted by molar-refractivity contribution is 5.93. The van der Waals surface area contributed by atoms with E-state index in [0.717, 1.165) is 11.3 Å². The van der Waals surface area contributed by atoms with E-state index in [1.165, 1.54) is 18.5 Å². The summed E-state index contributed by atoms with van der Waals surface area (Å²) in [6.45, 7) is 2.51. The van der Waals surface area contributed by atoms with Crippen LogP contribution in [0.3, 0.4) is 0 Å². The highest BCUT2D eigenvalue weighted by Crippen LogP contribution is 2.20. The Balaban J connectivity index is 1.70. The first-order chi connectivity index (χ1) is 13.2. The van der Waals surface area contributed by atoms with Crippen LogP contribution in [-0.2, 0) is 0 Å². The standard InChI is InChI=1S/C19H17N5O3/c1-2-27-15-8-6-13(7-9-15)16-11-20-12-17(23-16)19(26)24-21-10-14-4-3-5-18(25)22-14/h3-12H,2H2,1H3,(H,22,25)(H,24,26)/b21-10+. The molecule has 0 saturated heterocycles. The number of nitrogens with one attached hydrogen (secondary N) is 2. The Morgan fingerprint density at radius 2 is 2.04 bits per heavy atom. The van der Waals surface area contributed by atoms with E-state index in [0.29, 0.717) is 18.0 Å². The summed E-state index contributed by atoms with van der Waals surface area (Å²) in [5, 5.41) is 3.81. The van der Waals surface area contributed by atoms with E-state index < -0.39 is 5.91 Å². The van der Waals surface area contributed by atoms with Crippen LogP contribution in [-0.4, -0.2) is 33.7 Å². The minimum atomic E-state index is -0.509. The van der Waals surface area contributed by atoms with E-state index in [-0.39, 0.29) is 11.3 Å². The van der Waals surface area contributed by atoms with Crippen molar-refractivity contribution in [2.75, 3.05) is 6.61 Å². The van der Waals surface area contributed by atoms with Crippen LogP contribution in [0, 0.1) is 0 Å². The van der Waals surface area contributed by atoms with Gasteiger partial charge in [0.25, 0.3) is 5.91 Å². The van der Waals surface area contributed by atoms with Gasteiger partial charge in [-0.15, -0.1) is 0 Å². The molecule has 0 atom stereocenters. The molecule has 0 saturated carbocycles. The van der Waals surface area contributed by atoms with Crippen molar-refractivity contribution in [1.82, 2.24) is 20.4 Å². The first-order valence-corrected chi connectivity index (χ1v) is 8.23. The molecular formula is C19H17N5O3. The van der Waals surface area contributed by atoms with Gasteiger partial charge in [-0.1, -0.05) is 6.07 Å². The molecule has 2 heterocycles. The number of benzene rings is 1. The molecule has 0 aliphatic carbocycles. The Kier molecular flexibility index (Phi) is 5.68. The maximum Gasteiger partial charge on any atom is 0.291 e. The van der Waals surface area contributed by atoms with Gasteiger partial charge in [0.1, 0.15) is 11.4 Å². The third-order valence-electron chi connectivity index (χ3n) is 3.49. The van der Waals surface area contributed by atoms with Gasteiger partial charge in [-0.2, -0.15) is 5.10 Å². The molecule has 27 heavy (non-hydrogen) atoms. The van der Waals surface area contributed by atoms with Crippen LogP contribution in [0.1, 0.15) is 23.1 Å². The molecule has 0 aliphatic heterocycles. The maximum atomic E-state index is 12.2.